The van der Waals surface area contributed by atoms with Crippen molar-refractivity contribution in [3.8, 4) is 0 Å². The van der Waals surface area contributed by atoms with Crippen LogP contribution in [0.4, 0.5) is 0 Å². The Morgan fingerprint density at radius 3 is 2.53 bits per heavy atom. The van der Waals surface area contributed by atoms with Crippen molar-refractivity contribution in [3.63, 3.8) is 0 Å². The number of fused-ring (bicyclic) bond motifs is 1. The zero-order valence-corrected chi connectivity index (χ0v) is 10.4. The van der Waals surface area contributed by atoms with Gasteiger partial charge in [-0.05, 0) is 35.7 Å². The first kappa shape index (κ1) is 11.9. The van der Waals surface area contributed by atoms with Crippen LogP contribution < -0.4 is 0 Å². The first-order chi connectivity index (χ1) is 8.20. The molecule has 1 heteroatoms. The Balaban J connectivity index is 2.37. The van der Waals surface area contributed by atoms with Gasteiger partial charge in [-0.3, -0.25) is 0 Å². The summed E-state index contributed by atoms with van der Waals surface area (Å²) in [7, 11) is 1.75. The summed E-state index contributed by atoms with van der Waals surface area (Å²) >= 11 is 0. The van der Waals surface area contributed by atoms with Gasteiger partial charge in [0.25, 0.3) is 0 Å². The molecule has 0 N–H and O–H groups in total. The Morgan fingerprint density at radius 1 is 1.18 bits per heavy atom. The number of hydrogen-bond donors (Lipinski definition) is 0. The van der Waals surface area contributed by atoms with Gasteiger partial charge in [0.05, 0.1) is 6.10 Å². The van der Waals surface area contributed by atoms with Crippen molar-refractivity contribution in [3.05, 3.63) is 60.2 Å². The number of rotatable bonds is 4. The van der Waals surface area contributed by atoms with Gasteiger partial charge in [-0.1, -0.05) is 42.0 Å². The highest BCUT2D eigenvalue weighted by atomic mass is 16.5. The zero-order valence-electron chi connectivity index (χ0n) is 10.4. The molecule has 2 aromatic carbocycles. The van der Waals surface area contributed by atoms with E-state index in [1.54, 1.807) is 7.11 Å². The van der Waals surface area contributed by atoms with E-state index in [9.17, 15) is 0 Å². The van der Waals surface area contributed by atoms with E-state index in [1.807, 2.05) is 6.92 Å². The Morgan fingerprint density at radius 2 is 1.88 bits per heavy atom. The fraction of sp³-hybridized carbons (Fsp3) is 0.250. The molecule has 0 bridgehead atoms. The molecule has 0 aromatic heterocycles. The van der Waals surface area contributed by atoms with Crippen LogP contribution in [0.2, 0.25) is 0 Å². The predicted octanol–water partition coefficient (Wildman–Crippen LogP) is 4.49. The Kier molecular flexibility index (Phi) is 3.60. The van der Waals surface area contributed by atoms with E-state index in [1.165, 1.54) is 16.3 Å². The van der Waals surface area contributed by atoms with Gasteiger partial charge in [0, 0.05) is 7.11 Å². The molecule has 0 saturated carbocycles. The van der Waals surface area contributed by atoms with Crippen LogP contribution in [0.5, 0.6) is 0 Å². The van der Waals surface area contributed by atoms with Crippen LogP contribution in [0.1, 0.15) is 25.0 Å². The van der Waals surface area contributed by atoms with Crippen molar-refractivity contribution >= 4 is 10.8 Å². The summed E-state index contributed by atoms with van der Waals surface area (Å²) in [4.78, 5) is 0. The second-order valence-electron chi connectivity index (χ2n) is 4.49. The van der Waals surface area contributed by atoms with Crippen LogP contribution in [-0.4, -0.2) is 7.11 Å². The van der Waals surface area contributed by atoms with Gasteiger partial charge < -0.3 is 4.74 Å². The molecule has 0 saturated heterocycles. The lowest BCUT2D eigenvalue weighted by molar-refractivity contribution is 0.104. The quantitative estimate of drug-likeness (QED) is 0.698. The van der Waals surface area contributed by atoms with E-state index < -0.39 is 0 Å². The number of hydrogen-bond acceptors (Lipinski definition) is 1. The van der Waals surface area contributed by atoms with Crippen LogP contribution in [-0.2, 0) is 4.74 Å². The first-order valence-corrected chi connectivity index (χ1v) is 5.86. The molecular weight excluding hydrogens is 208 g/mol. The van der Waals surface area contributed by atoms with Crippen LogP contribution in [0.15, 0.2) is 54.6 Å². The molecule has 0 heterocycles. The van der Waals surface area contributed by atoms with Crippen molar-refractivity contribution < 1.29 is 4.74 Å². The molecule has 1 unspecified atom stereocenters. The molecule has 2 rings (SSSR count). The van der Waals surface area contributed by atoms with E-state index >= 15 is 0 Å². The van der Waals surface area contributed by atoms with Crippen LogP contribution >= 0.6 is 0 Å². The molecule has 0 aliphatic rings. The Hall–Kier alpha value is -1.60. The summed E-state index contributed by atoms with van der Waals surface area (Å²) < 4.78 is 5.54. The fourth-order valence-corrected chi connectivity index (χ4v) is 2.06. The van der Waals surface area contributed by atoms with Crippen LogP contribution in [0.25, 0.3) is 10.8 Å². The molecule has 0 aliphatic carbocycles. The van der Waals surface area contributed by atoms with Crippen LogP contribution in [0, 0.1) is 0 Å². The maximum Gasteiger partial charge on any atom is 0.0858 e. The van der Waals surface area contributed by atoms with Gasteiger partial charge in [-0.2, -0.15) is 0 Å². The number of benzene rings is 2. The van der Waals surface area contributed by atoms with Gasteiger partial charge in [-0.25, -0.2) is 0 Å². The fourth-order valence-electron chi connectivity index (χ4n) is 2.06. The lowest BCUT2D eigenvalue weighted by Crippen LogP contribution is -2.01. The summed E-state index contributed by atoms with van der Waals surface area (Å²) in [6.45, 7) is 5.99. The molecule has 2 aromatic rings. The minimum Gasteiger partial charge on any atom is -0.376 e. The minimum atomic E-state index is 0.108. The average molecular weight is 226 g/mol. The summed E-state index contributed by atoms with van der Waals surface area (Å²) in [6, 6.07) is 14.9. The first-order valence-electron chi connectivity index (χ1n) is 5.86. The topological polar surface area (TPSA) is 9.23 Å². The van der Waals surface area contributed by atoms with E-state index in [0.29, 0.717) is 0 Å². The van der Waals surface area contributed by atoms with Gasteiger partial charge >= 0.3 is 0 Å². The third-order valence-corrected chi connectivity index (χ3v) is 2.96. The van der Waals surface area contributed by atoms with Gasteiger partial charge in [-0.15, -0.1) is 6.58 Å². The summed E-state index contributed by atoms with van der Waals surface area (Å²) in [5, 5.41) is 2.52. The molecule has 17 heavy (non-hydrogen) atoms. The van der Waals surface area contributed by atoms with Crippen molar-refractivity contribution in [1.29, 1.82) is 0 Å². The predicted molar refractivity (Wildman–Crippen MR) is 73.1 cm³/mol. The molecule has 0 amide bonds. The monoisotopic (exact) mass is 226 g/mol. The molecule has 0 spiro atoms. The Bertz CT molecular complexity index is 528. The lowest BCUT2D eigenvalue weighted by Gasteiger charge is -2.16. The third kappa shape index (κ3) is 2.75. The highest BCUT2D eigenvalue weighted by Gasteiger charge is 2.10. The van der Waals surface area contributed by atoms with Gasteiger partial charge in [0.15, 0.2) is 0 Å². The summed E-state index contributed by atoms with van der Waals surface area (Å²) in [5.74, 6) is 0. The average Bonchev–Trinajstić information content (AvgIpc) is 2.35. The van der Waals surface area contributed by atoms with Crippen molar-refractivity contribution in [2.24, 2.45) is 0 Å². The van der Waals surface area contributed by atoms with Gasteiger partial charge in [0.2, 0.25) is 0 Å². The molecule has 0 radical (unpaired) electrons. The normalized spacial score (nSPS) is 12.6. The second-order valence-corrected chi connectivity index (χ2v) is 4.49. The van der Waals surface area contributed by atoms with E-state index in [0.717, 1.165) is 12.0 Å². The van der Waals surface area contributed by atoms with Crippen LogP contribution in [0.3, 0.4) is 0 Å². The van der Waals surface area contributed by atoms with E-state index in [-0.39, 0.29) is 6.10 Å². The molecule has 88 valence electrons. The SMILES string of the molecule is C=C(C)CC(OC)c1ccc2ccccc2c1. The smallest absolute Gasteiger partial charge is 0.0858 e. The highest BCUT2D eigenvalue weighted by molar-refractivity contribution is 5.83. The van der Waals surface area contributed by atoms with Crippen molar-refractivity contribution in [2.75, 3.05) is 7.11 Å². The summed E-state index contributed by atoms with van der Waals surface area (Å²) in [5.41, 5.74) is 2.36. The summed E-state index contributed by atoms with van der Waals surface area (Å²) in [6.07, 6.45) is 0.978. The maximum atomic E-state index is 5.54. The van der Waals surface area contributed by atoms with Gasteiger partial charge in [0.1, 0.15) is 0 Å². The zero-order chi connectivity index (χ0) is 12.3. The molecule has 0 fully saturated rings. The lowest BCUT2D eigenvalue weighted by atomic mass is 9.99. The van der Waals surface area contributed by atoms with E-state index in [2.05, 4.69) is 49.0 Å². The number of ether oxygens (including phenoxy) is 1. The molecule has 1 nitrogen and oxygen atoms in total. The second kappa shape index (κ2) is 5.15. The largest absolute Gasteiger partial charge is 0.376 e. The molecule has 0 aliphatic heterocycles. The van der Waals surface area contributed by atoms with E-state index in [4.69, 9.17) is 4.74 Å². The molecule has 1 atom stereocenters. The Labute approximate surface area is 103 Å². The standard InChI is InChI=1S/C16H18O/c1-12(2)10-16(17-3)15-9-8-13-6-4-5-7-14(13)11-15/h4-9,11,16H,1,10H2,2-3H3. The highest BCUT2D eigenvalue weighted by Crippen LogP contribution is 2.26. The minimum absolute atomic E-state index is 0.108. The maximum absolute atomic E-state index is 5.54. The van der Waals surface area contributed by atoms with Crippen molar-refractivity contribution in [1.82, 2.24) is 0 Å². The van der Waals surface area contributed by atoms with Crippen molar-refractivity contribution in [2.45, 2.75) is 19.4 Å². The third-order valence-electron chi connectivity index (χ3n) is 2.96. The number of methoxy groups -OCH3 is 1. The molecular formula is C16H18O.